The number of carbonyl (C=O) groups is 2. The fourth-order valence-corrected chi connectivity index (χ4v) is 5.80. The van der Waals surface area contributed by atoms with Crippen molar-refractivity contribution in [2.24, 2.45) is 5.92 Å². The van der Waals surface area contributed by atoms with E-state index in [1.807, 2.05) is 29.2 Å². The number of rotatable bonds is 10. The molecule has 1 aromatic heterocycles. The predicted molar refractivity (Wildman–Crippen MR) is 133 cm³/mol. The summed E-state index contributed by atoms with van der Waals surface area (Å²) in [6.07, 6.45) is 2.16. The zero-order valence-corrected chi connectivity index (χ0v) is 20.9. The Hall–Kier alpha value is -2.42. The van der Waals surface area contributed by atoms with E-state index in [1.54, 1.807) is 18.4 Å². The first-order valence-electron chi connectivity index (χ1n) is 12.2. The van der Waals surface area contributed by atoms with E-state index < -0.39 is 5.92 Å². The summed E-state index contributed by atoms with van der Waals surface area (Å²) in [5.74, 6) is 0.352. The molecule has 2 amide bonds. The third-order valence-corrected chi connectivity index (χ3v) is 7.78. The molecule has 1 N–H and O–H groups in total. The summed E-state index contributed by atoms with van der Waals surface area (Å²) in [7, 11) is 1.64. The minimum atomic E-state index is -0.411. The van der Waals surface area contributed by atoms with Crippen molar-refractivity contribution in [3.8, 4) is 5.75 Å². The van der Waals surface area contributed by atoms with Crippen LogP contribution in [0.4, 0.5) is 0 Å². The number of thiophene rings is 1. The molecular weight excluding hydrogens is 450 g/mol. The molecule has 2 aliphatic rings. The maximum atomic E-state index is 13.5. The number of amides is 2. The number of hydrogen-bond acceptors (Lipinski definition) is 6. The van der Waals surface area contributed by atoms with Gasteiger partial charge in [-0.1, -0.05) is 31.5 Å². The lowest BCUT2D eigenvalue weighted by Crippen LogP contribution is -2.45. The molecule has 184 valence electrons. The Bertz CT molecular complexity index is 928. The monoisotopic (exact) mass is 485 g/mol. The Morgan fingerprint density at radius 1 is 1.24 bits per heavy atom. The van der Waals surface area contributed by atoms with Gasteiger partial charge in [0.2, 0.25) is 11.8 Å². The fourth-order valence-electron chi connectivity index (χ4n) is 4.94. The Morgan fingerprint density at radius 3 is 2.65 bits per heavy atom. The van der Waals surface area contributed by atoms with Crippen molar-refractivity contribution in [1.29, 1.82) is 0 Å². The van der Waals surface area contributed by atoms with Gasteiger partial charge in [-0.15, -0.1) is 11.3 Å². The van der Waals surface area contributed by atoms with Crippen molar-refractivity contribution < 1.29 is 19.1 Å². The number of unbranched alkanes of at least 4 members (excludes halogenated alkanes) is 1. The normalized spacial score (nSPS) is 22.1. The summed E-state index contributed by atoms with van der Waals surface area (Å²) >= 11 is 1.71. The summed E-state index contributed by atoms with van der Waals surface area (Å²) in [6, 6.07) is 11.8. The Morgan fingerprint density at radius 2 is 2.00 bits per heavy atom. The zero-order valence-electron chi connectivity index (χ0n) is 20.1. The van der Waals surface area contributed by atoms with Crippen LogP contribution in [0.3, 0.4) is 0 Å². The zero-order chi connectivity index (χ0) is 23.9. The molecule has 34 heavy (non-hydrogen) atoms. The van der Waals surface area contributed by atoms with E-state index in [4.69, 9.17) is 9.47 Å². The number of benzene rings is 1. The lowest BCUT2D eigenvalue weighted by atomic mass is 9.92. The van der Waals surface area contributed by atoms with E-state index in [0.717, 1.165) is 37.2 Å². The van der Waals surface area contributed by atoms with Crippen LogP contribution >= 0.6 is 11.3 Å². The van der Waals surface area contributed by atoms with E-state index in [9.17, 15) is 9.59 Å². The van der Waals surface area contributed by atoms with Crippen LogP contribution in [0.15, 0.2) is 41.8 Å². The second-order valence-electron chi connectivity index (χ2n) is 8.89. The van der Waals surface area contributed by atoms with Crippen LogP contribution in [0.5, 0.6) is 5.75 Å². The number of ether oxygens (including phenoxy) is 2. The van der Waals surface area contributed by atoms with Gasteiger partial charge < -0.3 is 19.7 Å². The smallest absolute Gasteiger partial charge is 0.226 e. The number of methoxy groups -OCH3 is 1. The lowest BCUT2D eigenvalue weighted by Gasteiger charge is -2.34. The van der Waals surface area contributed by atoms with Crippen LogP contribution in [0, 0.1) is 5.92 Å². The van der Waals surface area contributed by atoms with Crippen LogP contribution in [-0.2, 0) is 14.3 Å². The number of nitrogens with one attached hydrogen (secondary N) is 1. The second kappa shape index (κ2) is 11.8. The van der Waals surface area contributed by atoms with Crippen LogP contribution in [0.1, 0.15) is 48.7 Å². The van der Waals surface area contributed by atoms with E-state index in [-0.39, 0.29) is 30.3 Å². The predicted octanol–water partition coefficient (Wildman–Crippen LogP) is 3.64. The van der Waals surface area contributed by atoms with Gasteiger partial charge in [-0.05, 0) is 35.6 Å². The molecule has 0 saturated carbocycles. The largest absolute Gasteiger partial charge is 0.497 e. The fraction of sp³-hybridized carbons (Fsp3) is 0.538. The number of morpholine rings is 1. The van der Waals surface area contributed by atoms with Crippen molar-refractivity contribution in [1.82, 2.24) is 15.1 Å². The van der Waals surface area contributed by atoms with Gasteiger partial charge in [0.05, 0.1) is 38.3 Å². The topological polar surface area (TPSA) is 71.1 Å². The summed E-state index contributed by atoms with van der Waals surface area (Å²) in [5.41, 5.74) is 0.978. The lowest BCUT2D eigenvalue weighted by molar-refractivity contribution is -0.129. The number of nitrogens with zero attached hydrogens (tertiary/aromatic N) is 2. The highest BCUT2D eigenvalue weighted by Crippen LogP contribution is 2.39. The van der Waals surface area contributed by atoms with Crippen LogP contribution in [0.2, 0.25) is 0 Å². The van der Waals surface area contributed by atoms with Gasteiger partial charge in [0, 0.05) is 37.5 Å². The minimum absolute atomic E-state index is 0.0528. The van der Waals surface area contributed by atoms with Gasteiger partial charge in [0.25, 0.3) is 0 Å². The first kappa shape index (κ1) is 24.7. The Kier molecular flexibility index (Phi) is 8.59. The van der Waals surface area contributed by atoms with Crippen molar-refractivity contribution in [3.63, 3.8) is 0 Å². The average molecular weight is 486 g/mol. The number of hydrogen-bond donors (Lipinski definition) is 1. The molecule has 2 saturated heterocycles. The summed E-state index contributed by atoms with van der Waals surface area (Å²) < 4.78 is 10.8. The minimum Gasteiger partial charge on any atom is -0.497 e. The Labute approximate surface area is 206 Å². The van der Waals surface area contributed by atoms with Gasteiger partial charge in [-0.2, -0.15) is 0 Å². The summed E-state index contributed by atoms with van der Waals surface area (Å²) in [6.45, 7) is 6.41. The molecular formula is C26H35N3O4S. The molecule has 1 aromatic carbocycles. The highest BCUT2D eigenvalue weighted by molar-refractivity contribution is 7.10. The van der Waals surface area contributed by atoms with Crippen LogP contribution in [-0.4, -0.2) is 68.1 Å². The summed E-state index contributed by atoms with van der Waals surface area (Å²) in [5, 5.41) is 5.29. The molecule has 0 aliphatic carbocycles. The Balaban J connectivity index is 1.51. The number of likely N-dealkylation sites (tertiary alicyclic amines) is 1. The van der Waals surface area contributed by atoms with E-state index in [1.165, 1.54) is 4.88 Å². The summed E-state index contributed by atoms with van der Waals surface area (Å²) in [4.78, 5) is 32.0. The molecule has 7 nitrogen and oxygen atoms in total. The third-order valence-electron chi connectivity index (χ3n) is 6.81. The SMILES string of the molecule is CCCCN1C(=O)CC(C(=O)NCC(c2cccs2)N2CCOCC2)C1c1ccc(OC)cc1. The van der Waals surface area contributed by atoms with E-state index in [2.05, 4.69) is 34.7 Å². The highest BCUT2D eigenvalue weighted by Gasteiger charge is 2.44. The first-order chi connectivity index (χ1) is 16.6. The van der Waals surface area contributed by atoms with E-state index >= 15 is 0 Å². The molecule has 0 spiro atoms. The first-order valence-corrected chi connectivity index (χ1v) is 13.1. The molecule has 0 bridgehead atoms. The quantitative estimate of drug-likeness (QED) is 0.556. The highest BCUT2D eigenvalue weighted by atomic mass is 32.1. The van der Waals surface area contributed by atoms with E-state index in [0.29, 0.717) is 26.3 Å². The molecule has 3 atom stereocenters. The van der Waals surface area contributed by atoms with Crippen LogP contribution in [0.25, 0.3) is 0 Å². The average Bonchev–Trinajstić information content (AvgIpc) is 3.52. The second-order valence-corrected chi connectivity index (χ2v) is 9.87. The maximum Gasteiger partial charge on any atom is 0.226 e. The molecule has 2 fully saturated rings. The number of carbonyl (C=O) groups excluding carboxylic acids is 2. The molecule has 0 radical (unpaired) electrons. The molecule has 2 aromatic rings. The van der Waals surface area contributed by atoms with Gasteiger partial charge in [-0.25, -0.2) is 0 Å². The third kappa shape index (κ3) is 5.62. The molecule has 2 aliphatic heterocycles. The van der Waals surface area contributed by atoms with Gasteiger partial charge >= 0.3 is 0 Å². The maximum absolute atomic E-state index is 13.5. The van der Waals surface area contributed by atoms with Gasteiger partial charge in [-0.3, -0.25) is 14.5 Å². The van der Waals surface area contributed by atoms with Crippen molar-refractivity contribution >= 4 is 23.2 Å². The standard InChI is InChI=1S/C26H35N3O4S/c1-3-4-11-29-24(30)17-21(25(29)19-7-9-20(32-2)10-8-19)26(31)27-18-22(23-6-5-16-34-23)28-12-14-33-15-13-28/h5-10,16,21-22,25H,3-4,11-15,17-18H2,1-2H3,(H,27,31). The molecule has 8 heteroatoms. The molecule has 3 unspecified atom stereocenters. The molecule has 3 heterocycles. The van der Waals surface area contributed by atoms with Crippen LogP contribution < -0.4 is 10.1 Å². The molecule has 4 rings (SSSR count). The van der Waals surface area contributed by atoms with Crippen molar-refractivity contribution in [2.45, 2.75) is 38.3 Å². The van der Waals surface area contributed by atoms with Crippen molar-refractivity contribution in [3.05, 3.63) is 52.2 Å². The van der Waals surface area contributed by atoms with Gasteiger partial charge in [0.15, 0.2) is 0 Å². The van der Waals surface area contributed by atoms with Crippen molar-refractivity contribution in [2.75, 3.05) is 46.5 Å². The van der Waals surface area contributed by atoms with Gasteiger partial charge in [0.1, 0.15) is 5.75 Å².